The fourth-order valence-electron chi connectivity index (χ4n) is 0.347. The molecule has 4 heteroatoms. The maximum absolute atomic E-state index is 10.2. The van der Waals surface area contributed by atoms with E-state index < -0.39 is 14.5 Å². The van der Waals surface area contributed by atoms with Gasteiger partial charge >= 0.3 is 45.6 Å². The third kappa shape index (κ3) is 1.65. The van der Waals surface area contributed by atoms with E-state index in [9.17, 15) is 3.83 Å². The Hall–Kier alpha value is 0.239. The fourth-order valence-corrected chi connectivity index (χ4v) is 1.56. The first-order valence-electron chi connectivity index (χ1n) is 2.08. The number of hydrogen-bond acceptors (Lipinski definition) is 3. The molecule has 1 fully saturated rings. The molecule has 1 rings (SSSR count). The van der Waals surface area contributed by atoms with Crippen LogP contribution in [0.2, 0.25) is 0 Å². The summed E-state index contributed by atoms with van der Waals surface area (Å²) in [6.07, 6.45) is 0.877. The first-order chi connectivity index (χ1) is 3.39. The molecule has 1 aliphatic rings. The van der Waals surface area contributed by atoms with Crippen LogP contribution in [-0.4, -0.2) is 27.7 Å². The molecule has 1 aliphatic heterocycles. The van der Waals surface area contributed by atoms with Gasteiger partial charge in [-0.2, -0.15) is 0 Å². The zero-order valence-electron chi connectivity index (χ0n) is 3.75. The summed E-state index contributed by atoms with van der Waals surface area (Å²) < 4.78 is 19.5. The molecule has 0 radical (unpaired) electrons. The Kier molecular flexibility index (Phi) is 1.94. The molecule has 0 aromatic rings. The van der Waals surface area contributed by atoms with Gasteiger partial charge in [0.1, 0.15) is 0 Å². The minimum atomic E-state index is -2.23. The van der Waals surface area contributed by atoms with Gasteiger partial charge < -0.3 is 0 Å². The first-order valence-corrected chi connectivity index (χ1v) is 4.18. The molecular weight excluding hydrogens is 163 g/mol. The molecule has 0 aliphatic carbocycles. The van der Waals surface area contributed by atoms with Gasteiger partial charge in [0, 0.05) is 0 Å². The maximum atomic E-state index is 10.2. The molecule has 0 N–H and O–H groups in total. The molecule has 0 spiro atoms. The number of hydrogen-bond donors (Lipinski definition) is 0. The summed E-state index contributed by atoms with van der Waals surface area (Å²) >= 11 is -2.23. The van der Waals surface area contributed by atoms with Crippen molar-refractivity contribution < 1.29 is 11.5 Å². The Labute approximate surface area is 46.3 Å². The molecule has 7 heavy (non-hydrogen) atoms. The monoisotopic (exact) mass is 170 g/mol. The van der Waals surface area contributed by atoms with Crippen molar-refractivity contribution in [1.29, 1.82) is 0 Å². The third-order valence-corrected chi connectivity index (χ3v) is 2.15. The average molecular weight is 169 g/mol. The molecule has 3 nitrogen and oxygen atoms in total. The van der Waals surface area contributed by atoms with Gasteiger partial charge in [0.15, 0.2) is 0 Å². The normalized spacial score (nSPS) is 25.1. The van der Waals surface area contributed by atoms with Gasteiger partial charge in [-0.15, -0.1) is 0 Å². The van der Waals surface area contributed by atoms with Crippen LogP contribution in [0, 0.1) is 0 Å². The zero-order chi connectivity index (χ0) is 5.11. The predicted molar refractivity (Wildman–Crippen MR) is 23.0 cm³/mol. The molecule has 0 unspecified atom stereocenters. The Morgan fingerprint density at radius 1 is 1.29 bits per heavy atom. The molecule has 1 heterocycles. The second-order valence-electron chi connectivity index (χ2n) is 1.20. The van der Waals surface area contributed by atoms with Crippen molar-refractivity contribution in [3.05, 3.63) is 0 Å². The van der Waals surface area contributed by atoms with Crippen LogP contribution >= 0.6 is 0 Å². The third-order valence-electron chi connectivity index (χ3n) is 0.648. The van der Waals surface area contributed by atoms with E-state index in [1.807, 2.05) is 0 Å². The van der Waals surface area contributed by atoms with Crippen LogP contribution in [0.4, 0.5) is 0 Å². The van der Waals surface area contributed by atoms with Crippen LogP contribution in [0.25, 0.3) is 0 Å². The van der Waals surface area contributed by atoms with Crippen molar-refractivity contribution in [3.63, 3.8) is 0 Å². The zero-order valence-corrected chi connectivity index (χ0v) is 5.47. The van der Waals surface area contributed by atoms with Crippen LogP contribution in [0.1, 0.15) is 6.42 Å². The fraction of sp³-hybridized carbons (Fsp3) is 1.00. The van der Waals surface area contributed by atoms with E-state index in [2.05, 4.69) is 7.64 Å². The molecule has 0 bridgehead atoms. The minimum absolute atomic E-state index is 0.605. The van der Waals surface area contributed by atoms with Crippen LogP contribution in [-0.2, 0) is 11.5 Å². The Morgan fingerprint density at radius 2 is 1.86 bits per heavy atom. The van der Waals surface area contributed by atoms with Crippen molar-refractivity contribution in [2.45, 2.75) is 6.42 Å². The summed E-state index contributed by atoms with van der Waals surface area (Å²) in [5.74, 6) is 0. The van der Waals surface area contributed by atoms with Crippen LogP contribution in [0.15, 0.2) is 0 Å². The standard InChI is InChI=1S/C3H6O3Se/c4-7-5-2-1-3-6-7/h1-3H2. The molecule has 0 atom stereocenters. The van der Waals surface area contributed by atoms with Gasteiger partial charge in [-0.25, -0.2) is 0 Å². The molecule has 0 amide bonds. The van der Waals surface area contributed by atoms with E-state index in [1.165, 1.54) is 0 Å². The average Bonchev–Trinajstić information content (AvgIpc) is 1.69. The second kappa shape index (κ2) is 2.52. The molecule has 0 saturated carbocycles. The summed E-state index contributed by atoms with van der Waals surface area (Å²) in [6, 6.07) is 0. The summed E-state index contributed by atoms with van der Waals surface area (Å²) in [6.45, 7) is 1.21. The molecule has 1 saturated heterocycles. The second-order valence-corrected chi connectivity index (χ2v) is 3.05. The quantitative estimate of drug-likeness (QED) is 0.472. The summed E-state index contributed by atoms with van der Waals surface area (Å²) in [7, 11) is 0. The first kappa shape index (κ1) is 5.38. The molecule has 0 aromatic carbocycles. The van der Waals surface area contributed by atoms with Gasteiger partial charge in [0.05, 0.1) is 0 Å². The van der Waals surface area contributed by atoms with Gasteiger partial charge in [0.2, 0.25) is 0 Å². The van der Waals surface area contributed by atoms with Crippen molar-refractivity contribution in [2.75, 3.05) is 13.2 Å². The van der Waals surface area contributed by atoms with Gasteiger partial charge in [-0.1, -0.05) is 0 Å². The molecular formula is C3H6O3Se. The van der Waals surface area contributed by atoms with Crippen LogP contribution < -0.4 is 0 Å². The summed E-state index contributed by atoms with van der Waals surface area (Å²) in [5, 5.41) is 0. The summed E-state index contributed by atoms with van der Waals surface area (Å²) in [5.41, 5.74) is 0. The van der Waals surface area contributed by atoms with Gasteiger partial charge in [0.25, 0.3) is 0 Å². The van der Waals surface area contributed by atoms with Crippen molar-refractivity contribution in [1.82, 2.24) is 0 Å². The van der Waals surface area contributed by atoms with E-state index in [4.69, 9.17) is 0 Å². The van der Waals surface area contributed by atoms with Crippen molar-refractivity contribution in [3.8, 4) is 0 Å². The Balaban J connectivity index is 2.25. The van der Waals surface area contributed by atoms with Crippen molar-refractivity contribution >= 4 is 14.5 Å². The van der Waals surface area contributed by atoms with E-state index in [1.54, 1.807) is 0 Å². The van der Waals surface area contributed by atoms with Gasteiger partial charge in [-0.05, 0) is 0 Å². The van der Waals surface area contributed by atoms with Crippen molar-refractivity contribution in [2.24, 2.45) is 0 Å². The van der Waals surface area contributed by atoms with Crippen LogP contribution in [0.3, 0.4) is 0 Å². The van der Waals surface area contributed by atoms with Crippen LogP contribution in [0.5, 0.6) is 0 Å². The van der Waals surface area contributed by atoms with E-state index >= 15 is 0 Å². The topological polar surface area (TPSA) is 35.5 Å². The Morgan fingerprint density at radius 3 is 2.14 bits per heavy atom. The number of rotatable bonds is 0. The SMILES string of the molecule is O=[Se]1OCCCO1. The summed E-state index contributed by atoms with van der Waals surface area (Å²) in [4.78, 5) is 0. The molecule has 0 aromatic heterocycles. The van der Waals surface area contributed by atoms with E-state index in [-0.39, 0.29) is 0 Å². The van der Waals surface area contributed by atoms with Gasteiger partial charge in [-0.3, -0.25) is 0 Å². The Bertz CT molecular complexity index is 74.2. The predicted octanol–water partition coefficient (Wildman–Crippen LogP) is -0.161. The van der Waals surface area contributed by atoms with E-state index in [0.29, 0.717) is 13.2 Å². The van der Waals surface area contributed by atoms with E-state index in [0.717, 1.165) is 6.42 Å². The molecule has 42 valence electrons.